The highest BCUT2D eigenvalue weighted by Crippen LogP contribution is 2.30. The van der Waals surface area contributed by atoms with E-state index in [2.05, 4.69) is 16.9 Å². The summed E-state index contributed by atoms with van der Waals surface area (Å²) in [7, 11) is 0. The predicted octanol–water partition coefficient (Wildman–Crippen LogP) is 4.65. The Kier molecular flexibility index (Phi) is 6.15. The lowest BCUT2D eigenvalue weighted by Gasteiger charge is -2.18. The van der Waals surface area contributed by atoms with Crippen LogP contribution in [0.25, 0.3) is 0 Å². The van der Waals surface area contributed by atoms with E-state index in [1.807, 2.05) is 13.8 Å². The molecule has 3 nitrogen and oxygen atoms in total. The fourth-order valence-electron chi connectivity index (χ4n) is 2.58. The van der Waals surface area contributed by atoms with Crippen molar-refractivity contribution >= 4 is 11.8 Å². The van der Waals surface area contributed by atoms with E-state index in [0.717, 1.165) is 6.42 Å². The molecule has 1 heterocycles. The molecular formula is C18H22F2N2OS. The Morgan fingerprint density at radius 3 is 2.38 bits per heavy atom. The first-order chi connectivity index (χ1) is 11.4. The van der Waals surface area contributed by atoms with Gasteiger partial charge in [-0.3, -0.25) is 4.79 Å². The van der Waals surface area contributed by atoms with Crippen LogP contribution < -0.4 is 5.56 Å². The average molecular weight is 352 g/mol. The Morgan fingerprint density at radius 2 is 1.83 bits per heavy atom. The molecule has 0 aliphatic carbocycles. The topological polar surface area (TPSA) is 45.8 Å². The molecule has 2 unspecified atom stereocenters. The Hall–Kier alpha value is -1.69. The second-order valence-electron chi connectivity index (χ2n) is 5.78. The molecule has 0 aliphatic heterocycles. The van der Waals surface area contributed by atoms with E-state index in [-0.39, 0.29) is 16.4 Å². The number of aromatic amines is 1. The zero-order valence-electron chi connectivity index (χ0n) is 14.3. The van der Waals surface area contributed by atoms with Crippen LogP contribution in [-0.2, 0) is 6.42 Å². The van der Waals surface area contributed by atoms with E-state index >= 15 is 0 Å². The maximum atomic E-state index is 14.1. The van der Waals surface area contributed by atoms with Crippen molar-refractivity contribution in [1.82, 2.24) is 9.97 Å². The molecule has 0 bridgehead atoms. The number of rotatable bonds is 6. The number of nitrogens with zero attached hydrogens (tertiary/aromatic N) is 1. The molecule has 0 amide bonds. The van der Waals surface area contributed by atoms with Gasteiger partial charge in [-0.2, -0.15) is 0 Å². The van der Waals surface area contributed by atoms with Gasteiger partial charge >= 0.3 is 0 Å². The van der Waals surface area contributed by atoms with Gasteiger partial charge in [0, 0.05) is 22.3 Å². The molecule has 0 aliphatic rings. The molecule has 2 aromatic rings. The van der Waals surface area contributed by atoms with E-state index in [1.54, 1.807) is 6.92 Å². The van der Waals surface area contributed by atoms with Gasteiger partial charge in [0.05, 0.1) is 5.69 Å². The minimum Gasteiger partial charge on any atom is -0.301 e. The number of hydrogen-bond donors (Lipinski definition) is 1. The van der Waals surface area contributed by atoms with Crippen molar-refractivity contribution in [2.75, 3.05) is 0 Å². The van der Waals surface area contributed by atoms with Crippen LogP contribution in [0.3, 0.4) is 0 Å². The molecule has 2 atom stereocenters. The minimum atomic E-state index is -0.639. The summed E-state index contributed by atoms with van der Waals surface area (Å²) in [5.74, 6) is -1.88. The van der Waals surface area contributed by atoms with Crippen molar-refractivity contribution < 1.29 is 8.78 Å². The quantitative estimate of drug-likeness (QED) is 0.608. The molecule has 6 heteroatoms. The fourth-order valence-corrected chi connectivity index (χ4v) is 3.43. The van der Waals surface area contributed by atoms with Gasteiger partial charge in [-0.15, -0.1) is 0 Å². The zero-order chi connectivity index (χ0) is 17.9. The van der Waals surface area contributed by atoms with Gasteiger partial charge < -0.3 is 4.98 Å². The highest BCUT2D eigenvalue weighted by Gasteiger charge is 2.23. The van der Waals surface area contributed by atoms with Gasteiger partial charge in [0.15, 0.2) is 5.16 Å². The minimum absolute atomic E-state index is 0.0511. The lowest BCUT2D eigenvalue weighted by Crippen LogP contribution is -2.21. The Labute approximate surface area is 144 Å². The van der Waals surface area contributed by atoms with Crippen LogP contribution in [0.15, 0.2) is 28.2 Å². The van der Waals surface area contributed by atoms with Crippen molar-refractivity contribution in [3.63, 3.8) is 0 Å². The van der Waals surface area contributed by atoms with Crippen LogP contribution >= 0.6 is 11.8 Å². The standard InChI is InChI=1S/C18H22F2N2OS/c1-5-10(3)24-18-21-16(12(6-2)17(23)22-18)11(4)15-13(19)8-7-9-14(15)20/h7-11H,5-6H2,1-4H3,(H,21,22,23). The monoisotopic (exact) mass is 352 g/mol. The Balaban J connectivity index is 2.56. The second kappa shape index (κ2) is 7.92. The van der Waals surface area contributed by atoms with Crippen LogP contribution in [0.1, 0.15) is 56.9 Å². The van der Waals surface area contributed by atoms with Crippen LogP contribution in [-0.4, -0.2) is 15.2 Å². The van der Waals surface area contributed by atoms with Crippen molar-refractivity contribution in [3.05, 3.63) is 57.0 Å². The summed E-state index contributed by atoms with van der Waals surface area (Å²) in [6, 6.07) is 3.78. The summed E-state index contributed by atoms with van der Waals surface area (Å²) in [6.45, 7) is 7.61. The van der Waals surface area contributed by atoms with E-state index in [4.69, 9.17) is 0 Å². The number of halogens is 2. The largest absolute Gasteiger partial charge is 0.301 e. The third-order valence-electron chi connectivity index (χ3n) is 4.11. The normalized spacial score (nSPS) is 13.8. The van der Waals surface area contributed by atoms with Gasteiger partial charge in [-0.25, -0.2) is 13.8 Å². The molecule has 1 N–H and O–H groups in total. The van der Waals surface area contributed by atoms with E-state index in [0.29, 0.717) is 22.8 Å². The third-order valence-corrected chi connectivity index (χ3v) is 5.26. The Bertz CT molecular complexity index is 756. The van der Waals surface area contributed by atoms with Gasteiger partial charge in [-0.1, -0.05) is 45.5 Å². The van der Waals surface area contributed by atoms with Gasteiger partial charge in [0.1, 0.15) is 11.6 Å². The highest BCUT2D eigenvalue weighted by molar-refractivity contribution is 7.99. The van der Waals surface area contributed by atoms with Crippen LogP contribution in [0.2, 0.25) is 0 Å². The molecule has 1 aromatic heterocycles. The predicted molar refractivity (Wildman–Crippen MR) is 93.7 cm³/mol. The van der Waals surface area contributed by atoms with Crippen LogP contribution in [0, 0.1) is 11.6 Å². The summed E-state index contributed by atoms with van der Waals surface area (Å²) in [4.78, 5) is 19.7. The lowest BCUT2D eigenvalue weighted by molar-refractivity contribution is 0.542. The number of H-pyrrole nitrogens is 1. The smallest absolute Gasteiger partial charge is 0.254 e. The Morgan fingerprint density at radius 1 is 1.21 bits per heavy atom. The molecular weight excluding hydrogens is 330 g/mol. The maximum Gasteiger partial charge on any atom is 0.254 e. The van der Waals surface area contributed by atoms with Crippen LogP contribution in [0.4, 0.5) is 8.78 Å². The number of benzene rings is 1. The summed E-state index contributed by atoms with van der Waals surface area (Å²) in [6.07, 6.45) is 1.38. The molecule has 2 rings (SSSR count). The van der Waals surface area contributed by atoms with Crippen molar-refractivity contribution in [2.24, 2.45) is 0 Å². The lowest BCUT2D eigenvalue weighted by atomic mass is 9.93. The van der Waals surface area contributed by atoms with Crippen molar-refractivity contribution in [1.29, 1.82) is 0 Å². The summed E-state index contributed by atoms with van der Waals surface area (Å²) in [5, 5.41) is 0.777. The molecule has 1 aromatic carbocycles. The molecule has 0 saturated heterocycles. The molecule has 0 radical (unpaired) electrons. The fraction of sp³-hybridized carbons (Fsp3) is 0.444. The summed E-state index contributed by atoms with van der Waals surface area (Å²) >= 11 is 1.46. The SMILES string of the molecule is CCc1c(C(C)c2c(F)cccc2F)nc(SC(C)CC)[nH]c1=O. The van der Waals surface area contributed by atoms with Gasteiger partial charge in [0.2, 0.25) is 0 Å². The van der Waals surface area contributed by atoms with Gasteiger partial charge in [0.25, 0.3) is 5.56 Å². The molecule has 0 fully saturated rings. The molecule has 0 saturated carbocycles. The van der Waals surface area contributed by atoms with E-state index < -0.39 is 17.6 Å². The first-order valence-corrected chi connectivity index (χ1v) is 9.00. The molecule has 130 valence electrons. The van der Waals surface area contributed by atoms with Gasteiger partial charge in [-0.05, 0) is 25.0 Å². The first-order valence-electron chi connectivity index (χ1n) is 8.12. The third kappa shape index (κ3) is 3.86. The summed E-state index contributed by atoms with van der Waals surface area (Å²) < 4.78 is 28.3. The zero-order valence-corrected chi connectivity index (χ0v) is 15.1. The number of thioether (sulfide) groups is 1. The molecule has 24 heavy (non-hydrogen) atoms. The second-order valence-corrected chi connectivity index (χ2v) is 7.21. The number of hydrogen-bond acceptors (Lipinski definition) is 3. The van der Waals surface area contributed by atoms with Crippen LogP contribution in [0.5, 0.6) is 0 Å². The first kappa shape index (κ1) is 18.6. The van der Waals surface area contributed by atoms with E-state index in [9.17, 15) is 13.6 Å². The number of aromatic nitrogens is 2. The summed E-state index contributed by atoms with van der Waals surface area (Å²) in [5.41, 5.74) is 0.622. The average Bonchev–Trinajstić information content (AvgIpc) is 2.53. The van der Waals surface area contributed by atoms with Crippen molar-refractivity contribution in [2.45, 2.75) is 56.9 Å². The van der Waals surface area contributed by atoms with Crippen molar-refractivity contribution in [3.8, 4) is 0 Å². The highest BCUT2D eigenvalue weighted by atomic mass is 32.2. The maximum absolute atomic E-state index is 14.1. The van der Waals surface area contributed by atoms with E-state index in [1.165, 1.54) is 30.0 Å². The molecule has 0 spiro atoms. The number of nitrogens with one attached hydrogen (secondary N) is 1.